The predicted octanol–water partition coefficient (Wildman–Crippen LogP) is 5.14. The maximum atomic E-state index is 12.8. The molecule has 6 nitrogen and oxygen atoms in total. The summed E-state index contributed by atoms with van der Waals surface area (Å²) in [6.45, 7) is 0.291. The summed E-state index contributed by atoms with van der Waals surface area (Å²) in [4.78, 5) is 0. The summed E-state index contributed by atoms with van der Waals surface area (Å²) in [5.74, 6) is 0.388. The van der Waals surface area contributed by atoms with Gasteiger partial charge in [0.15, 0.2) is 0 Å². The van der Waals surface area contributed by atoms with E-state index in [0.29, 0.717) is 24.3 Å². The van der Waals surface area contributed by atoms with Crippen LogP contribution in [0.5, 0.6) is 11.5 Å². The Kier molecular flexibility index (Phi) is 9.57. The van der Waals surface area contributed by atoms with Gasteiger partial charge in [0.05, 0.1) is 17.4 Å². The highest BCUT2D eigenvalue weighted by Gasteiger charge is 2.53. The van der Waals surface area contributed by atoms with Crippen LogP contribution in [0.2, 0.25) is 0 Å². The molecule has 5 rings (SSSR count). The van der Waals surface area contributed by atoms with Crippen molar-refractivity contribution in [1.29, 1.82) is 0 Å². The Morgan fingerprint density at radius 2 is 1.76 bits per heavy atom. The Bertz CT molecular complexity index is 1200. The molecule has 2 aromatic rings. The van der Waals surface area contributed by atoms with Crippen molar-refractivity contribution >= 4 is 34.7 Å². The number of ether oxygens (including phenoxy) is 2. The van der Waals surface area contributed by atoms with Crippen LogP contribution >= 0.6 is 24.8 Å². The lowest BCUT2D eigenvalue weighted by Gasteiger charge is -2.43. The normalized spacial score (nSPS) is 26.7. The third-order valence-corrected chi connectivity index (χ3v) is 8.42. The largest absolute Gasteiger partial charge is 0.573 e. The van der Waals surface area contributed by atoms with Gasteiger partial charge in [0.25, 0.3) is 0 Å². The number of nitrogens with one attached hydrogen (secondary N) is 2. The molecule has 2 saturated heterocycles. The minimum absolute atomic E-state index is 0. The van der Waals surface area contributed by atoms with Crippen LogP contribution in [-0.2, 0) is 21.9 Å². The molecule has 4 unspecified atom stereocenters. The van der Waals surface area contributed by atoms with E-state index in [1.807, 2.05) is 30.3 Å². The molecule has 0 amide bonds. The van der Waals surface area contributed by atoms with Gasteiger partial charge in [-0.15, -0.1) is 38.0 Å². The second-order valence-corrected chi connectivity index (χ2v) is 12.5. The summed E-state index contributed by atoms with van der Waals surface area (Å²) in [6, 6.07) is 14.2. The molecule has 1 aliphatic carbocycles. The first kappa shape index (κ1) is 30.8. The Hall–Kier alpha value is -1.72. The van der Waals surface area contributed by atoms with Crippen LogP contribution in [0.25, 0.3) is 0 Å². The topological polar surface area (TPSA) is 76.7 Å². The highest BCUT2D eigenvalue weighted by molar-refractivity contribution is 7.90. The van der Waals surface area contributed by atoms with Gasteiger partial charge in [0.2, 0.25) is 0 Å². The molecular weight excluding hydrogens is 564 g/mol. The van der Waals surface area contributed by atoms with E-state index in [0.717, 1.165) is 31.2 Å². The van der Waals surface area contributed by atoms with Crippen molar-refractivity contribution in [3.8, 4) is 11.5 Å². The van der Waals surface area contributed by atoms with E-state index in [2.05, 4.69) is 15.4 Å². The van der Waals surface area contributed by atoms with Crippen LogP contribution in [0, 0.1) is 5.92 Å². The van der Waals surface area contributed by atoms with Gasteiger partial charge in [-0.3, -0.25) is 0 Å². The number of sulfone groups is 1. The number of rotatable bonds is 9. The summed E-state index contributed by atoms with van der Waals surface area (Å²) >= 11 is 0. The molecule has 0 spiro atoms. The highest BCUT2D eigenvalue weighted by Crippen LogP contribution is 2.46. The standard InChI is InChI=1S/C26H31F3N2O4S.2ClH/c1-36(32,33)16-18-14-25(19-5-3-2-4-6-19)24(12-10-22(18)31-25)30-15-17-13-21(35-26(27,28)29)9-11-23(17)34-20-7-8-20;;/h2-6,9,11,13,18,20,22,24,30-31H,7-8,10,12,14-16H2,1H3;2*1H. The van der Waals surface area contributed by atoms with E-state index in [4.69, 9.17) is 4.74 Å². The number of piperidine rings is 1. The molecule has 0 aromatic heterocycles. The smallest absolute Gasteiger partial charge is 0.490 e. The average Bonchev–Trinajstić information content (AvgIpc) is 3.57. The fourth-order valence-electron chi connectivity index (χ4n) is 5.79. The second-order valence-electron chi connectivity index (χ2n) is 10.3. The number of benzene rings is 2. The Labute approximate surface area is 233 Å². The van der Waals surface area contributed by atoms with E-state index in [1.54, 1.807) is 0 Å². The predicted molar refractivity (Wildman–Crippen MR) is 144 cm³/mol. The molecule has 3 aliphatic rings. The van der Waals surface area contributed by atoms with E-state index in [1.165, 1.54) is 24.5 Å². The number of fused-ring (bicyclic) bond motifs is 2. The zero-order valence-corrected chi connectivity index (χ0v) is 23.3. The van der Waals surface area contributed by atoms with E-state index >= 15 is 0 Å². The maximum Gasteiger partial charge on any atom is 0.573 e. The monoisotopic (exact) mass is 596 g/mol. The van der Waals surface area contributed by atoms with Gasteiger partial charge in [0.1, 0.15) is 21.3 Å². The van der Waals surface area contributed by atoms with Gasteiger partial charge in [-0.25, -0.2) is 8.42 Å². The molecule has 212 valence electrons. The fraction of sp³-hybridized carbons (Fsp3) is 0.538. The van der Waals surface area contributed by atoms with Gasteiger partial charge in [0, 0.05) is 30.4 Å². The molecule has 2 N–H and O–H groups in total. The lowest BCUT2D eigenvalue weighted by Crippen LogP contribution is -2.58. The fourth-order valence-corrected chi connectivity index (χ4v) is 6.92. The number of hydrogen-bond acceptors (Lipinski definition) is 6. The lowest BCUT2D eigenvalue weighted by atomic mass is 9.78. The van der Waals surface area contributed by atoms with Gasteiger partial charge in [-0.05, 0) is 61.8 Å². The third-order valence-electron chi connectivity index (χ3n) is 7.39. The first-order valence-electron chi connectivity index (χ1n) is 12.3. The van der Waals surface area contributed by atoms with Crippen molar-refractivity contribution in [3.63, 3.8) is 0 Å². The van der Waals surface area contributed by atoms with Crippen molar-refractivity contribution in [2.75, 3.05) is 12.0 Å². The van der Waals surface area contributed by atoms with Crippen molar-refractivity contribution in [1.82, 2.24) is 10.6 Å². The number of alkyl halides is 3. The zero-order chi connectivity index (χ0) is 25.6. The van der Waals surface area contributed by atoms with Gasteiger partial charge < -0.3 is 20.1 Å². The van der Waals surface area contributed by atoms with Crippen LogP contribution < -0.4 is 20.1 Å². The molecule has 2 bridgehead atoms. The Morgan fingerprint density at radius 3 is 2.39 bits per heavy atom. The van der Waals surface area contributed by atoms with Gasteiger partial charge in [-0.1, -0.05) is 30.3 Å². The Balaban J connectivity index is 0.00000200. The molecule has 2 heterocycles. The minimum atomic E-state index is -4.78. The summed E-state index contributed by atoms with van der Waals surface area (Å²) < 4.78 is 72.9. The molecule has 1 saturated carbocycles. The number of halogens is 5. The molecule has 12 heteroatoms. The Morgan fingerprint density at radius 1 is 1.05 bits per heavy atom. The molecule has 38 heavy (non-hydrogen) atoms. The van der Waals surface area contributed by atoms with Crippen LogP contribution in [0.15, 0.2) is 48.5 Å². The van der Waals surface area contributed by atoms with Crippen molar-refractivity contribution in [2.45, 2.75) is 68.7 Å². The quantitative estimate of drug-likeness (QED) is 0.417. The van der Waals surface area contributed by atoms with E-state index in [9.17, 15) is 21.6 Å². The summed E-state index contributed by atoms with van der Waals surface area (Å²) in [7, 11) is -3.14. The SMILES string of the molecule is CS(=O)(=O)CC1CC2(c3ccccc3)NC1CCC2NCc1cc(OC(F)(F)F)ccc1OC1CC1.Cl.Cl. The minimum Gasteiger partial charge on any atom is -0.490 e. The van der Waals surface area contributed by atoms with E-state index in [-0.39, 0.29) is 60.4 Å². The summed E-state index contributed by atoms with van der Waals surface area (Å²) in [5.41, 5.74) is 1.20. The third kappa shape index (κ3) is 7.27. The van der Waals surface area contributed by atoms with Crippen LogP contribution in [0.1, 0.15) is 43.2 Å². The van der Waals surface area contributed by atoms with Gasteiger partial charge >= 0.3 is 6.36 Å². The molecular formula is C26H33Cl2F3N2O4S. The highest BCUT2D eigenvalue weighted by atomic mass is 35.5. The van der Waals surface area contributed by atoms with Gasteiger partial charge in [-0.2, -0.15) is 0 Å². The molecule has 2 aliphatic heterocycles. The first-order chi connectivity index (χ1) is 17.0. The molecule has 2 aromatic carbocycles. The van der Waals surface area contributed by atoms with Crippen LogP contribution in [0.4, 0.5) is 13.2 Å². The van der Waals surface area contributed by atoms with Crippen molar-refractivity contribution < 1.29 is 31.1 Å². The number of hydrogen-bond donors (Lipinski definition) is 2. The first-order valence-corrected chi connectivity index (χ1v) is 14.4. The van der Waals surface area contributed by atoms with Crippen molar-refractivity contribution in [3.05, 3.63) is 59.7 Å². The summed E-state index contributed by atoms with van der Waals surface area (Å²) in [6.07, 6.45) is 0.742. The zero-order valence-electron chi connectivity index (χ0n) is 20.9. The summed E-state index contributed by atoms with van der Waals surface area (Å²) in [5, 5.41) is 7.33. The molecule has 3 fully saturated rings. The molecule has 0 radical (unpaired) electrons. The van der Waals surface area contributed by atoms with Crippen molar-refractivity contribution in [2.24, 2.45) is 5.92 Å². The van der Waals surface area contributed by atoms with Crippen LogP contribution in [-0.4, -0.2) is 45.0 Å². The lowest BCUT2D eigenvalue weighted by molar-refractivity contribution is -0.274. The van der Waals surface area contributed by atoms with E-state index < -0.39 is 21.7 Å². The van der Waals surface area contributed by atoms with Crippen LogP contribution in [0.3, 0.4) is 0 Å². The second kappa shape index (κ2) is 11.8. The molecule has 4 atom stereocenters. The maximum absolute atomic E-state index is 12.8. The average molecular weight is 598 g/mol.